The third kappa shape index (κ3) is 4.25. The molecule has 2 heterocycles. The van der Waals surface area contributed by atoms with E-state index in [2.05, 4.69) is 5.10 Å². The molecule has 11 heteroatoms. The van der Waals surface area contributed by atoms with Crippen molar-refractivity contribution < 1.29 is 48.2 Å². The van der Waals surface area contributed by atoms with E-state index in [0.717, 1.165) is 17.8 Å². The van der Waals surface area contributed by atoms with Crippen LogP contribution in [0.25, 0.3) is 16.6 Å². The molecule has 0 bridgehead atoms. The summed E-state index contributed by atoms with van der Waals surface area (Å²) in [7, 11) is 0. The maximum Gasteiger partial charge on any atom is 1.00 e. The van der Waals surface area contributed by atoms with Crippen LogP contribution in [0, 0.1) is 11.6 Å². The van der Waals surface area contributed by atoms with Crippen LogP contribution in [-0.4, -0.2) is 20.3 Å². The smallest absolute Gasteiger partial charge is 0.545 e. The molecule has 0 fully saturated rings. The number of aromatic carboxylic acids is 1. The molecule has 0 aliphatic carbocycles. The molecule has 0 saturated heterocycles. The fourth-order valence-corrected chi connectivity index (χ4v) is 4.66. The van der Waals surface area contributed by atoms with E-state index >= 15 is 4.39 Å². The Balaban J connectivity index is 0.00000272. The average Bonchev–Trinajstić information content (AvgIpc) is 3.29. The van der Waals surface area contributed by atoms with Crippen LogP contribution in [-0.2, 0) is 6.54 Å². The molecule has 5 nitrogen and oxygen atoms in total. The number of halogens is 4. The number of benzene rings is 2. The zero-order valence-electron chi connectivity index (χ0n) is 16.3. The Hall–Kier alpha value is -1.55. The Kier molecular flexibility index (Phi) is 7.40. The summed E-state index contributed by atoms with van der Waals surface area (Å²) in [4.78, 5) is 11.5. The predicted molar refractivity (Wildman–Crippen MR) is 110 cm³/mol. The summed E-state index contributed by atoms with van der Waals surface area (Å²) >= 11 is 13.5. The van der Waals surface area contributed by atoms with Gasteiger partial charge in [0, 0.05) is 28.6 Å². The Morgan fingerprint density at radius 3 is 2.58 bits per heavy atom. The first-order chi connectivity index (χ1) is 14.3. The average molecular weight is 490 g/mol. The monoisotopic (exact) mass is 489 g/mol. The summed E-state index contributed by atoms with van der Waals surface area (Å²) in [5.74, 6) is -3.27. The number of aryl methyl sites for hydroxylation is 1. The summed E-state index contributed by atoms with van der Waals surface area (Å²) in [5.41, 5.74) is 0.0456. The minimum absolute atomic E-state index is 0. The molecule has 0 unspecified atom stereocenters. The number of carbonyl (C=O) groups is 1. The first-order valence-corrected chi connectivity index (χ1v) is 10.3. The number of fused-ring (bicyclic) bond motifs is 1. The van der Waals surface area contributed by atoms with Gasteiger partial charge < -0.3 is 9.90 Å². The van der Waals surface area contributed by atoms with Gasteiger partial charge in [-0.15, -0.1) is 0 Å². The van der Waals surface area contributed by atoms with Crippen molar-refractivity contribution in [3.63, 3.8) is 0 Å². The SMILES string of the molecule is CCn1cc(-n2c(Cl)c(Sc3cccc(C(=O)[O-])c3F)c3ccc(Cl)c(F)c32)cn1.[Na+]. The zero-order valence-corrected chi connectivity index (χ0v) is 20.7. The summed E-state index contributed by atoms with van der Waals surface area (Å²) in [5, 5.41) is 15.8. The fourth-order valence-electron chi connectivity index (χ4n) is 3.09. The quantitative estimate of drug-likeness (QED) is 0.402. The van der Waals surface area contributed by atoms with Gasteiger partial charge in [0.2, 0.25) is 0 Å². The molecule has 0 aliphatic heterocycles. The Morgan fingerprint density at radius 1 is 1.19 bits per heavy atom. The maximum atomic E-state index is 15.0. The predicted octanol–water partition coefficient (Wildman–Crippen LogP) is 1.95. The number of carboxylic acids is 1. The number of carbonyl (C=O) groups excluding carboxylic acids is 1. The van der Waals surface area contributed by atoms with E-state index in [4.69, 9.17) is 23.2 Å². The molecule has 31 heavy (non-hydrogen) atoms. The van der Waals surface area contributed by atoms with Gasteiger partial charge in [-0.25, -0.2) is 8.78 Å². The maximum absolute atomic E-state index is 15.0. The van der Waals surface area contributed by atoms with Gasteiger partial charge in [-0.1, -0.05) is 47.1 Å². The number of carboxylic acid groups (broad SMARTS) is 1. The second-order valence-electron chi connectivity index (χ2n) is 6.27. The molecule has 0 amide bonds. The van der Waals surface area contributed by atoms with E-state index < -0.39 is 23.2 Å². The van der Waals surface area contributed by atoms with Crippen molar-refractivity contribution in [2.24, 2.45) is 0 Å². The molecule has 154 valence electrons. The molecule has 2 aromatic carbocycles. The summed E-state index contributed by atoms with van der Waals surface area (Å²) in [6, 6.07) is 6.88. The molecule has 4 rings (SSSR count). The van der Waals surface area contributed by atoms with Crippen LogP contribution in [0.4, 0.5) is 8.78 Å². The van der Waals surface area contributed by atoms with E-state index in [1.165, 1.54) is 29.0 Å². The van der Waals surface area contributed by atoms with E-state index in [1.807, 2.05) is 6.92 Å². The van der Waals surface area contributed by atoms with Gasteiger partial charge in [-0.2, -0.15) is 5.10 Å². The molecule has 4 aromatic rings. The van der Waals surface area contributed by atoms with E-state index in [9.17, 15) is 14.3 Å². The van der Waals surface area contributed by atoms with E-state index in [0.29, 0.717) is 22.5 Å². The van der Waals surface area contributed by atoms with Crippen LogP contribution in [0.2, 0.25) is 10.2 Å². The van der Waals surface area contributed by atoms with Gasteiger partial charge in [0.1, 0.15) is 11.0 Å². The minimum atomic E-state index is -1.63. The van der Waals surface area contributed by atoms with Gasteiger partial charge in [-0.05, 0) is 25.1 Å². The first kappa shape index (κ1) is 24.1. The molecule has 0 spiro atoms. The number of aromatic nitrogens is 3. The molecule has 0 saturated carbocycles. The Morgan fingerprint density at radius 2 is 1.94 bits per heavy atom. The molecule has 0 aliphatic rings. The van der Waals surface area contributed by atoms with Crippen LogP contribution in [0.1, 0.15) is 17.3 Å². The molecular weight excluding hydrogens is 478 g/mol. The van der Waals surface area contributed by atoms with Crippen LogP contribution < -0.4 is 34.7 Å². The van der Waals surface area contributed by atoms with Gasteiger partial charge >= 0.3 is 29.6 Å². The zero-order chi connectivity index (χ0) is 21.6. The Bertz CT molecular complexity index is 1310. The number of rotatable bonds is 5. The van der Waals surface area contributed by atoms with Gasteiger partial charge in [-0.3, -0.25) is 9.25 Å². The second kappa shape index (κ2) is 9.52. The first-order valence-electron chi connectivity index (χ1n) is 8.72. The third-order valence-electron chi connectivity index (χ3n) is 4.52. The standard InChI is InChI=1S/C20H13Cl2F2N3O2S.Na/c1-2-26-9-10(8-25-26)27-17-12(6-7-13(21)16(17)24)18(19(27)22)30-14-5-3-4-11(15(14)23)20(28)29;/h3-9H,2H2,1H3,(H,28,29);/q;+1/p-1. The van der Waals surface area contributed by atoms with Crippen molar-refractivity contribution in [1.29, 1.82) is 0 Å². The minimum Gasteiger partial charge on any atom is -0.545 e. The van der Waals surface area contributed by atoms with Crippen LogP contribution in [0.5, 0.6) is 0 Å². The second-order valence-corrected chi connectivity index (χ2v) is 8.09. The largest absolute Gasteiger partial charge is 1.00 e. The fraction of sp³-hybridized carbons (Fsp3) is 0.100. The molecular formula is C20H12Cl2F2N3NaO2S. The molecule has 0 N–H and O–H groups in total. The van der Waals surface area contributed by atoms with Crippen molar-refractivity contribution in [2.75, 3.05) is 0 Å². The van der Waals surface area contributed by atoms with Gasteiger partial charge in [0.15, 0.2) is 5.82 Å². The van der Waals surface area contributed by atoms with Crippen LogP contribution in [0.3, 0.4) is 0 Å². The van der Waals surface area contributed by atoms with Crippen molar-refractivity contribution in [2.45, 2.75) is 23.3 Å². The summed E-state index contributed by atoms with van der Waals surface area (Å²) in [6.07, 6.45) is 3.22. The van der Waals surface area contributed by atoms with Crippen LogP contribution >= 0.6 is 35.0 Å². The van der Waals surface area contributed by atoms with Crippen LogP contribution in [0.15, 0.2) is 52.5 Å². The van der Waals surface area contributed by atoms with Gasteiger partial charge in [0.05, 0.1) is 33.3 Å². The van der Waals surface area contributed by atoms with Crippen molar-refractivity contribution in [1.82, 2.24) is 14.3 Å². The van der Waals surface area contributed by atoms with Crippen molar-refractivity contribution >= 4 is 51.8 Å². The third-order valence-corrected chi connectivity index (χ3v) is 6.43. The Labute approximate surface area is 212 Å². The van der Waals surface area contributed by atoms with E-state index in [1.54, 1.807) is 16.9 Å². The molecule has 2 aromatic heterocycles. The molecule has 0 atom stereocenters. The number of hydrogen-bond donors (Lipinski definition) is 0. The van der Waals surface area contributed by atoms with Crippen molar-refractivity contribution in [3.8, 4) is 5.69 Å². The topological polar surface area (TPSA) is 62.9 Å². The van der Waals surface area contributed by atoms with Crippen molar-refractivity contribution in [3.05, 3.63) is 70.1 Å². The number of nitrogens with zero attached hydrogens (tertiary/aromatic N) is 3. The molecule has 0 radical (unpaired) electrons. The van der Waals surface area contributed by atoms with Gasteiger partial charge in [0.25, 0.3) is 0 Å². The normalized spacial score (nSPS) is 11.0. The van der Waals surface area contributed by atoms with E-state index in [-0.39, 0.29) is 50.1 Å². The summed E-state index contributed by atoms with van der Waals surface area (Å²) < 4.78 is 32.8. The summed E-state index contributed by atoms with van der Waals surface area (Å²) in [6.45, 7) is 2.50. The number of hydrogen-bond acceptors (Lipinski definition) is 4.